The molecule has 0 spiro atoms. The van der Waals surface area contributed by atoms with Gasteiger partial charge in [-0.1, -0.05) is 63.3 Å². The van der Waals surface area contributed by atoms with Crippen molar-refractivity contribution in [1.82, 2.24) is 5.32 Å². The van der Waals surface area contributed by atoms with Crippen LogP contribution >= 0.6 is 0 Å². The lowest BCUT2D eigenvalue weighted by atomic mass is 9.72. The van der Waals surface area contributed by atoms with Crippen molar-refractivity contribution in [3.8, 4) is 0 Å². The summed E-state index contributed by atoms with van der Waals surface area (Å²) in [5.41, 5.74) is 4.38. The minimum atomic E-state index is 0.653. The third-order valence-electron chi connectivity index (χ3n) is 5.42. The maximum Gasteiger partial charge on any atom is 0.0138 e. The highest BCUT2D eigenvalue weighted by atomic mass is 14.9. The van der Waals surface area contributed by atoms with Crippen LogP contribution in [0.15, 0.2) is 18.2 Å². The average Bonchev–Trinajstić information content (AvgIpc) is 2.50. The lowest BCUT2D eigenvalue weighted by Crippen LogP contribution is -2.42. The Morgan fingerprint density at radius 1 is 1.14 bits per heavy atom. The number of aryl methyl sites for hydroxylation is 2. The van der Waals surface area contributed by atoms with Crippen LogP contribution in [0.25, 0.3) is 0 Å². The number of likely N-dealkylation sites (N-methyl/N-ethyl adjacent to an activating group) is 1. The van der Waals surface area contributed by atoms with Crippen molar-refractivity contribution >= 4 is 0 Å². The molecule has 0 radical (unpaired) electrons. The molecule has 1 aliphatic rings. The van der Waals surface area contributed by atoms with E-state index in [4.69, 9.17) is 0 Å². The molecule has 1 N–H and O–H groups in total. The molecule has 1 aliphatic carbocycles. The summed E-state index contributed by atoms with van der Waals surface area (Å²) in [6.45, 7) is 10.2. The largest absolute Gasteiger partial charge is 0.314 e. The summed E-state index contributed by atoms with van der Waals surface area (Å²) in [5, 5.41) is 3.81. The second-order valence-electron chi connectivity index (χ2n) is 6.91. The molecule has 0 aromatic heterocycles. The van der Waals surface area contributed by atoms with Gasteiger partial charge in [0, 0.05) is 6.04 Å². The average molecular weight is 287 g/mol. The van der Waals surface area contributed by atoms with E-state index >= 15 is 0 Å². The van der Waals surface area contributed by atoms with Crippen LogP contribution in [0.4, 0.5) is 0 Å². The first kappa shape index (κ1) is 16.5. The molecule has 21 heavy (non-hydrogen) atoms. The van der Waals surface area contributed by atoms with E-state index in [-0.39, 0.29) is 0 Å². The molecule has 0 amide bonds. The van der Waals surface area contributed by atoms with Gasteiger partial charge in [0.1, 0.15) is 0 Å². The topological polar surface area (TPSA) is 12.0 Å². The molecule has 2 rings (SSSR count). The molecular weight excluding hydrogens is 254 g/mol. The second kappa shape index (κ2) is 7.98. The van der Waals surface area contributed by atoms with E-state index in [2.05, 4.69) is 51.2 Å². The number of benzene rings is 1. The Balaban J connectivity index is 2.15. The van der Waals surface area contributed by atoms with Gasteiger partial charge < -0.3 is 5.32 Å². The van der Waals surface area contributed by atoms with E-state index in [1.807, 2.05) is 0 Å². The van der Waals surface area contributed by atoms with Gasteiger partial charge in [-0.05, 0) is 56.2 Å². The Bertz CT molecular complexity index is 437. The Kier molecular flexibility index (Phi) is 6.29. The first-order valence-corrected chi connectivity index (χ1v) is 8.95. The van der Waals surface area contributed by atoms with Crippen molar-refractivity contribution in [2.24, 2.45) is 11.8 Å². The van der Waals surface area contributed by atoms with Crippen molar-refractivity contribution < 1.29 is 0 Å². The van der Waals surface area contributed by atoms with Crippen LogP contribution in [0.5, 0.6) is 0 Å². The van der Waals surface area contributed by atoms with Crippen LogP contribution in [0.1, 0.15) is 62.6 Å². The van der Waals surface area contributed by atoms with Gasteiger partial charge in [0.15, 0.2) is 0 Å². The molecule has 1 aromatic carbocycles. The van der Waals surface area contributed by atoms with E-state index in [1.165, 1.54) is 49.7 Å². The molecule has 0 heterocycles. The van der Waals surface area contributed by atoms with Gasteiger partial charge in [0.25, 0.3) is 0 Å². The second-order valence-corrected chi connectivity index (χ2v) is 6.91. The molecular formula is C20H33N. The van der Waals surface area contributed by atoms with E-state index < -0.39 is 0 Å². The van der Waals surface area contributed by atoms with Gasteiger partial charge in [-0.25, -0.2) is 0 Å². The van der Waals surface area contributed by atoms with Crippen LogP contribution in [-0.4, -0.2) is 12.6 Å². The zero-order valence-electron chi connectivity index (χ0n) is 14.4. The fourth-order valence-corrected chi connectivity index (χ4v) is 4.17. The standard InChI is InChI=1S/C20H33N/c1-5-17-9-7-8-10-19(17)20(21-6-2)14-18-13-15(3)11-12-16(18)4/h11-13,17,19-21H,5-10,14H2,1-4H3. The van der Waals surface area contributed by atoms with Crippen LogP contribution in [0, 0.1) is 25.7 Å². The molecule has 1 fully saturated rings. The first-order chi connectivity index (χ1) is 10.2. The molecule has 0 aliphatic heterocycles. The SMILES string of the molecule is CCNC(Cc1cc(C)ccc1C)C1CCCCC1CC. The monoisotopic (exact) mass is 287 g/mol. The van der Waals surface area contributed by atoms with Crippen LogP contribution in [-0.2, 0) is 6.42 Å². The van der Waals surface area contributed by atoms with E-state index in [0.29, 0.717) is 6.04 Å². The van der Waals surface area contributed by atoms with Gasteiger partial charge in [-0.3, -0.25) is 0 Å². The fourth-order valence-electron chi connectivity index (χ4n) is 4.17. The first-order valence-electron chi connectivity index (χ1n) is 8.95. The van der Waals surface area contributed by atoms with Gasteiger partial charge in [0.05, 0.1) is 0 Å². The third kappa shape index (κ3) is 4.32. The molecule has 3 atom stereocenters. The van der Waals surface area contributed by atoms with Crippen molar-refractivity contribution in [3.63, 3.8) is 0 Å². The maximum absolute atomic E-state index is 3.81. The predicted molar refractivity (Wildman–Crippen MR) is 92.8 cm³/mol. The highest BCUT2D eigenvalue weighted by molar-refractivity contribution is 5.31. The number of rotatable bonds is 6. The van der Waals surface area contributed by atoms with Crippen LogP contribution in [0.2, 0.25) is 0 Å². The van der Waals surface area contributed by atoms with E-state index in [1.54, 1.807) is 5.56 Å². The maximum atomic E-state index is 3.81. The lowest BCUT2D eigenvalue weighted by molar-refractivity contribution is 0.175. The lowest BCUT2D eigenvalue weighted by Gasteiger charge is -2.37. The number of hydrogen-bond donors (Lipinski definition) is 1. The smallest absolute Gasteiger partial charge is 0.0138 e. The van der Waals surface area contributed by atoms with Crippen molar-refractivity contribution in [2.45, 2.75) is 72.3 Å². The van der Waals surface area contributed by atoms with Crippen molar-refractivity contribution in [3.05, 3.63) is 34.9 Å². The van der Waals surface area contributed by atoms with Crippen LogP contribution in [0.3, 0.4) is 0 Å². The predicted octanol–water partition coefficient (Wildman–Crippen LogP) is 5.04. The molecule has 1 saturated carbocycles. The highest BCUT2D eigenvalue weighted by Crippen LogP contribution is 2.35. The minimum Gasteiger partial charge on any atom is -0.314 e. The van der Waals surface area contributed by atoms with Crippen molar-refractivity contribution in [1.29, 1.82) is 0 Å². The summed E-state index contributed by atoms with van der Waals surface area (Å²) in [6, 6.07) is 7.56. The summed E-state index contributed by atoms with van der Waals surface area (Å²) >= 11 is 0. The van der Waals surface area contributed by atoms with Crippen LogP contribution < -0.4 is 5.32 Å². The summed E-state index contributed by atoms with van der Waals surface area (Å²) in [4.78, 5) is 0. The minimum absolute atomic E-state index is 0.653. The summed E-state index contributed by atoms with van der Waals surface area (Å²) in [7, 11) is 0. The number of nitrogens with one attached hydrogen (secondary N) is 1. The fraction of sp³-hybridized carbons (Fsp3) is 0.700. The van der Waals surface area contributed by atoms with Gasteiger partial charge in [0.2, 0.25) is 0 Å². The van der Waals surface area contributed by atoms with E-state index in [9.17, 15) is 0 Å². The molecule has 0 saturated heterocycles. The Labute approximate surface area is 131 Å². The summed E-state index contributed by atoms with van der Waals surface area (Å²) in [6.07, 6.45) is 8.27. The Morgan fingerprint density at radius 3 is 2.62 bits per heavy atom. The normalized spacial score (nSPS) is 24.0. The molecule has 0 bridgehead atoms. The highest BCUT2D eigenvalue weighted by Gasteiger charge is 2.30. The molecule has 1 heteroatoms. The molecule has 1 nitrogen and oxygen atoms in total. The summed E-state index contributed by atoms with van der Waals surface area (Å²) < 4.78 is 0. The van der Waals surface area contributed by atoms with Gasteiger partial charge in [-0.2, -0.15) is 0 Å². The summed E-state index contributed by atoms with van der Waals surface area (Å²) in [5.74, 6) is 1.79. The molecule has 1 aromatic rings. The van der Waals surface area contributed by atoms with Crippen molar-refractivity contribution in [2.75, 3.05) is 6.54 Å². The Hall–Kier alpha value is -0.820. The Morgan fingerprint density at radius 2 is 1.90 bits per heavy atom. The number of hydrogen-bond acceptors (Lipinski definition) is 1. The molecule has 118 valence electrons. The van der Waals surface area contributed by atoms with Gasteiger partial charge in [-0.15, -0.1) is 0 Å². The molecule has 3 unspecified atom stereocenters. The zero-order chi connectivity index (χ0) is 15.2. The van der Waals surface area contributed by atoms with Gasteiger partial charge >= 0.3 is 0 Å². The quantitative estimate of drug-likeness (QED) is 0.773. The van der Waals surface area contributed by atoms with E-state index in [0.717, 1.165) is 18.4 Å². The third-order valence-corrected chi connectivity index (χ3v) is 5.42. The zero-order valence-corrected chi connectivity index (χ0v) is 14.4.